The fourth-order valence-electron chi connectivity index (χ4n) is 1.89. The molecule has 0 radical (unpaired) electrons. The number of guanidine groups is 1. The highest BCUT2D eigenvalue weighted by atomic mass is 127. The molecule has 0 spiro atoms. The van der Waals surface area contributed by atoms with Crippen LogP contribution < -0.4 is 10.6 Å². The maximum atomic E-state index is 12.9. The van der Waals surface area contributed by atoms with Gasteiger partial charge in [-0.25, -0.2) is 4.99 Å². The van der Waals surface area contributed by atoms with E-state index in [1.54, 1.807) is 0 Å². The summed E-state index contributed by atoms with van der Waals surface area (Å²) in [6, 6.07) is 0.817. The Hall–Kier alpha value is -1.74. The summed E-state index contributed by atoms with van der Waals surface area (Å²) in [5.74, 6) is 3.04. The number of aliphatic imine (C=N–C) groups is 1. The van der Waals surface area contributed by atoms with Crippen LogP contribution in [0.5, 0.6) is 0 Å². The van der Waals surface area contributed by atoms with Crippen LogP contribution in [0, 0.1) is 12.3 Å². The molecule has 0 atom stereocenters. The lowest BCUT2D eigenvalue weighted by atomic mass is 10.3. The van der Waals surface area contributed by atoms with E-state index >= 15 is 0 Å². The van der Waals surface area contributed by atoms with Crippen LogP contribution in [0.15, 0.2) is 17.3 Å². The molecule has 11 heteroatoms. The predicted octanol–water partition coefficient (Wildman–Crippen LogP) is 2.71. The number of terminal acetylenes is 1. The summed E-state index contributed by atoms with van der Waals surface area (Å²) in [6.45, 7) is 2.73. The highest BCUT2D eigenvalue weighted by Gasteiger charge is 2.32. The highest BCUT2D eigenvalue weighted by Crippen LogP contribution is 2.32. The van der Waals surface area contributed by atoms with Crippen molar-refractivity contribution >= 4 is 47.2 Å². The van der Waals surface area contributed by atoms with Crippen LogP contribution in [-0.4, -0.2) is 33.6 Å². The lowest BCUT2D eigenvalue weighted by molar-refractivity contribution is -0.137. The van der Waals surface area contributed by atoms with Crippen LogP contribution in [0.3, 0.4) is 0 Å². The van der Waals surface area contributed by atoms with Gasteiger partial charge in [-0.3, -0.25) is 4.40 Å². The van der Waals surface area contributed by atoms with Crippen LogP contribution in [0.1, 0.15) is 18.3 Å². The van der Waals surface area contributed by atoms with Gasteiger partial charge >= 0.3 is 6.18 Å². The number of hydrogen-bond acceptors (Lipinski definition) is 3. The number of nitrogens with one attached hydrogen (secondary N) is 2. The van der Waals surface area contributed by atoms with E-state index in [0.717, 1.165) is 12.3 Å². The first-order valence-electron chi connectivity index (χ1n) is 6.92. The van der Waals surface area contributed by atoms with Crippen molar-refractivity contribution in [2.75, 3.05) is 13.1 Å². The predicted molar refractivity (Wildman–Crippen MR) is 100 cm³/mol. The molecule has 2 rings (SSSR count). The molecule has 0 amide bonds. The Kier molecular flexibility index (Phi) is 7.75. The zero-order chi connectivity index (χ0) is 17.7. The summed E-state index contributed by atoms with van der Waals surface area (Å²) in [5, 5.41) is 13.3. The number of alkyl halides is 3. The third-order valence-corrected chi connectivity index (χ3v) is 3.22. The number of nitrogens with zero attached hydrogens (tertiary/aromatic N) is 4. The van der Waals surface area contributed by atoms with Gasteiger partial charge in [0.1, 0.15) is 6.54 Å². The molecule has 6 nitrogen and oxygen atoms in total. The third kappa shape index (κ3) is 5.37. The summed E-state index contributed by atoms with van der Waals surface area (Å²) < 4.78 is 39.9. The molecule has 0 saturated carbocycles. The number of halogens is 5. The lowest BCUT2D eigenvalue weighted by Crippen LogP contribution is -2.37. The summed E-state index contributed by atoms with van der Waals surface area (Å²) in [5.41, 5.74) is -0.751. The zero-order valence-electron chi connectivity index (χ0n) is 13.1. The number of fused-ring (bicyclic) bond motifs is 1. The van der Waals surface area contributed by atoms with E-state index in [-0.39, 0.29) is 53.6 Å². The summed E-state index contributed by atoms with van der Waals surface area (Å²) in [4.78, 5) is 4.22. The zero-order valence-corrected chi connectivity index (χ0v) is 16.1. The number of pyridine rings is 1. The molecule has 2 heterocycles. The minimum Gasteiger partial charge on any atom is -0.357 e. The Balaban J connectivity index is 0.00000312. The summed E-state index contributed by atoms with van der Waals surface area (Å²) in [6.07, 6.45) is 1.54. The average Bonchev–Trinajstić information content (AvgIpc) is 2.93. The van der Waals surface area contributed by atoms with Gasteiger partial charge in [0.2, 0.25) is 0 Å². The van der Waals surface area contributed by atoms with Crippen molar-refractivity contribution in [1.29, 1.82) is 0 Å². The van der Waals surface area contributed by atoms with E-state index in [1.807, 2.05) is 6.92 Å². The SMILES string of the molecule is C#CCNC(=NCc1nnc2c(Cl)cc(C(F)(F)F)cn12)NCC.I. The van der Waals surface area contributed by atoms with E-state index in [2.05, 4.69) is 31.7 Å². The molecule has 0 fully saturated rings. The van der Waals surface area contributed by atoms with Crippen molar-refractivity contribution in [3.63, 3.8) is 0 Å². The van der Waals surface area contributed by atoms with Crippen LogP contribution in [0.4, 0.5) is 13.2 Å². The molecular weight excluding hydrogens is 472 g/mol. The van der Waals surface area contributed by atoms with Crippen molar-refractivity contribution in [1.82, 2.24) is 25.2 Å². The van der Waals surface area contributed by atoms with Gasteiger partial charge in [-0.15, -0.1) is 40.6 Å². The Bertz CT molecular complexity index is 796. The Morgan fingerprint density at radius 3 is 2.72 bits per heavy atom. The molecule has 136 valence electrons. The monoisotopic (exact) mass is 486 g/mol. The van der Waals surface area contributed by atoms with Crippen LogP contribution >= 0.6 is 35.6 Å². The van der Waals surface area contributed by atoms with E-state index in [9.17, 15) is 13.2 Å². The van der Waals surface area contributed by atoms with Gasteiger partial charge in [0.05, 0.1) is 17.1 Å². The fraction of sp³-hybridized carbons (Fsp3) is 0.357. The molecule has 0 aliphatic rings. The molecule has 0 aliphatic carbocycles. The number of aromatic nitrogens is 3. The van der Waals surface area contributed by atoms with E-state index in [4.69, 9.17) is 18.0 Å². The third-order valence-electron chi connectivity index (χ3n) is 2.94. The minimum absolute atomic E-state index is 0. The number of hydrogen-bond donors (Lipinski definition) is 2. The fourth-order valence-corrected chi connectivity index (χ4v) is 2.14. The lowest BCUT2D eigenvalue weighted by Gasteiger charge is -2.09. The maximum Gasteiger partial charge on any atom is 0.417 e. The van der Waals surface area contributed by atoms with Crippen LogP contribution in [0.2, 0.25) is 5.02 Å². The highest BCUT2D eigenvalue weighted by molar-refractivity contribution is 14.0. The Morgan fingerprint density at radius 1 is 1.40 bits per heavy atom. The molecule has 2 aromatic rings. The van der Waals surface area contributed by atoms with Gasteiger partial charge < -0.3 is 10.6 Å². The van der Waals surface area contributed by atoms with E-state index in [0.29, 0.717) is 12.5 Å². The van der Waals surface area contributed by atoms with Gasteiger partial charge in [0.15, 0.2) is 17.4 Å². The first-order valence-corrected chi connectivity index (χ1v) is 7.30. The molecule has 2 aromatic heterocycles. The number of rotatable bonds is 4. The van der Waals surface area contributed by atoms with Crippen molar-refractivity contribution < 1.29 is 13.2 Å². The molecule has 0 unspecified atom stereocenters. The van der Waals surface area contributed by atoms with Gasteiger partial charge in [0.25, 0.3) is 0 Å². The van der Waals surface area contributed by atoms with Crippen molar-refractivity contribution in [3.05, 3.63) is 28.7 Å². The largest absolute Gasteiger partial charge is 0.417 e. The van der Waals surface area contributed by atoms with Crippen molar-refractivity contribution in [2.24, 2.45) is 4.99 Å². The maximum absolute atomic E-state index is 12.9. The van der Waals surface area contributed by atoms with E-state index in [1.165, 1.54) is 4.40 Å². The first-order chi connectivity index (χ1) is 11.4. The standard InChI is InChI=1S/C14H14ClF3N6.HI/c1-3-5-20-13(19-4-2)21-7-11-22-23-12-10(15)6-9(8-24(11)12)14(16,17)18;/h1,6,8H,4-5,7H2,2H3,(H2,19,20,21);1H. The molecular formula is C14H15ClF3IN6. The van der Waals surface area contributed by atoms with Crippen molar-refractivity contribution in [2.45, 2.75) is 19.6 Å². The second-order valence-corrected chi connectivity index (χ2v) is 5.04. The minimum atomic E-state index is -4.52. The van der Waals surface area contributed by atoms with Crippen LogP contribution in [-0.2, 0) is 12.7 Å². The molecule has 0 bridgehead atoms. The summed E-state index contributed by atoms with van der Waals surface area (Å²) >= 11 is 5.86. The molecule has 2 N–H and O–H groups in total. The van der Waals surface area contributed by atoms with E-state index < -0.39 is 11.7 Å². The topological polar surface area (TPSA) is 66.6 Å². The Morgan fingerprint density at radius 2 is 2.12 bits per heavy atom. The van der Waals surface area contributed by atoms with Crippen LogP contribution in [0.25, 0.3) is 5.65 Å². The van der Waals surface area contributed by atoms with Gasteiger partial charge in [0, 0.05) is 12.7 Å². The second kappa shape index (κ2) is 9.10. The molecule has 0 aromatic carbocycles. The Labute approximate surface area is 164 Å². The van der Waals surface area contributed by atoms with Crippen molar-refractivity contribution in [3.8, 4) is 12.3 Å². The van der Waals surface area contributed by atoms with Gasteiger partial charge in [-0.05, 0) is 13.0 Å². The molecule has 25 heavy (non-hydrogen) atoms. The molecule has 0 aliphatic heterocycles. The van der Waals surface area contributed by atoms with Gasteiger partial charge in [-0.1, -0.05) is 17.5 Å². The quantitative estimate of drug-likeness (QED) is 0.302. The average molecular weight is 487 g/mol. The smallest absolute Gasteiger partial charge is 0.357 e. The second-order valence-electron chi connectivity index (χ2n) is 4.64. The van der Waals surface area contributed by atoms with Gasteiger partial charge in [-0.2, -0.15) is 13.2 Å². The summed E-state index contributed by atoms with van der Waals surface area (Å²) in [7, 11) is 0. The first kappa shape index (κ1) is 21.3. The normalized spacial score (nSPS) is 11.8. The molecule has 0 saturated heterocycles.